The Morgan fingerprint density at radius 2 is 0.500 bits per heavy atom. The normalized spacial score (nSPS) is 0. The average Bonchev–Trinajstić information content (AvgIpc) is 0. The van der Waals surface area contributed by atoms with Crippen molar-refractivity contribution >= 4 is 0 Å². The van der Waals surface area contributed by atoms with Gasteiger partial charge >= 0.3 is 86.0 Å². The Bertz CT molecular complexity index is 8.75. The molecule has 0 radical (unpaired) electrons. The Kier molecular flexibility index (Phi) is 545. The minimum atomic E-state index is 0. The van der Waals surface area contributed by atoms with Crippen molar-refractivity contribution in [3.05, 3.63) is 0 Å². The van der Waals surface area contributed by atoms with Gasteiger partial charge in [0.05, 0.1) is 0 Å². The third kappa shape index (κ3) is 29.6. The van der Waals surface area contributed by atoms with E-state index in [1.54, 1.807) is 0 Å². The van der Waals surface area contributed by atoms with Gasteiger partial charge < -0.3 is 11.0 Å². The second kappa shape index (κ2) is 46.9. The van der Waals surface area contributed by atoms with E-state index in [-0.39, 0.29) is 97.0 Å². The quantitative estimate of drug-likeness (QED) is 0.270. The molecule has 0 atom stereocenters. The number of rotatable bonds is 0. The Morgan fingerprint density at radius 3 is 0.500 bits per heavy atom. The fraction of sp³-hybridized carbons (Fsp3) is 0. The minimum absolute atomic E-state index is 0. The smallest absolute Gasteiger partial charge is 2.00 e. The SMILES string of the molecule is [Li+].[O-2].[O-2].[Ta+5].[Ta+5].[Ta+5]. The van der Waals surface area contributed by atoms with Gasteiger partial charge in [-0.1, -0.05) is 0 Å². The first-order valence-corrected chi connectivity index (χ1v) is 0. The van der Waals surface area contributed by atoms with Crippen LogP contribution in [0.25, 0.3) is 0 Å². The van der Waals surface area contributed by atoms with Crippen LogP contribution >= 0.6 is 0 Å². The van der Waals surface area contributed by atoms with Crippen LogP contribution in [0.5, 0.6) is 0 Å². The standard InChI is InChI=1S/Li.2O.3Ta/q+1;2*-2;3*+5. The Morgan fingerprint density at radius 1 is 0.500 bits per heavy atom. The molecule has 0 aliphatic rings. The van der Waals surface area contributed by atoms with E-state index in [9.17, 15) is 0 Å². The minimum Gasteiger partial charge on any atom is -2.00 e. The summed E-state index contributed by atoms with van der Waals surface area (Å²) in [5, 5.41) is 0. The second-order valence-electron chi connectivity index (χ2n) is 0. The summed E-state index contributed by atoms with van der Waals surface area (Å²) in [6.45, 7) is 0. The topological polar surface area (TPSA) is 57.0 Å². The summed E-state index contributed by atoms with van der Waals surface area (Å²) in [5.41, 5.74) is 0. The van der Waals surface area contributed by atoms with E-state index in [2.05, 4.69) is 0 Å². The molecular formula is LiO2Ta3+12. The van der Waals surface area contributed by atoms with E-state index in [0.717, 1.165) is 0 Å². The zero-order valence-corrected chi connectivity index (χ0v) is 12.8. The molecule has 0 saturated heterocycles. The van der Waals surface area contributed by atoms with Gasteiger partial charge in [-0.05, 0) is 0 Å². The van der Waals surface area contributed by atoms with E-state index >= 15 is 0 Å². The zero-order valence-electron chi connectivity index (χ0n) is 3.16. The van der Waals surface area contributed by atoms with Crippen molar-refractivity contribution in [2.75, 3.05) is 0 Å². The summed E-state index contributed by atoms with van der Waals surface area (Å²) in [6, 6.07) is 0. The van der Waals surface area contributed by atoms with E-state index in [4.69, 9.17) is 0 Å². The molecule has 0 spiro atoms. The van der Waals surface area contributed by atoms with Crippen molar-refractivity contribution in [1.82, 2.24) is 0 Å². The molecule has 0 amide bonds. The van der Waals surface area contributed by atoms with Crippen molar-refractivity contribution in [3.8, 4) is 0 Å². The van der Waals surface area contributed by atoms with Crippen LogP contribution in [0.3, 0.4) is 0 Å². The number of hydrogen-bond donors (Lipinski definition) is 0. The fourth-order valence-electron chi connectivity index (χ4n) is 0. The molecule has 0 heterocycles. The first-order valence-electron chi connectivity index (χ1n) is 0. The van der Waals surface area contributed by atoms with Gasteiger partial charge in [0.2, 0.25) is 0 Å². The van der Waals surface area contributed by atoms with Crippen molar-refractivity contribution in [1.29, 1.82) is 0 Å². The summed E-state index contributed by atoms with van der Waals surface area (Å²) in [5.74, 6) is 0. The first kappa shape index (κ1) is 69.8. The molecule has 0 bridgehead atoms. The van der Waals surface area contributed by atoms with Crippen LogP contribution in [0.15, 0.2) is 0 Å². The molecular weight excluding hydrogens is 582 g/mol. The van der Waals surface area contributed by atoms with Crippen molar-refractivity contribution in [2.45, 2.75) is 0 Å². The maximum Gasteiger partial charge on any atom is 5.00 e. The van der Waals surface area contributed by atoms with Gasteiger partial charge in [-0.15, -0.1) is 0 Å². The fourth-order valence-corrected chi connectivity index (χ4v) is 0. The molecule has 16 valence electrons. The van der Waals surface area contributed by atoms with Gasteiger partial charge in [0, 0.05) is 0 Å². The zero-order chi connectivity index (χ0) is 0. The summed E-state index contributed by atoms with van der Waals surface area (Å²) in [6.07, 6.45) is 0. The molecule has 6 heteroatoms. The predicted molar refractivity (Wildman–Crippen MR) is 1.37 cm³/mol. The van der Waals surface area contributed by atoms with Crippen molar-refractivity contribution in [2.24, 2.45) is 0 Å². The molecule has 2 nitrogen and oxygen atoms in total. The van der Waals surface area contributed by atoms with Crippen LogP contribution in [0.2, 0.25) is 0 Å². The number of hydrogen-bond acceptors (Lipinski definition) is 0. The molecule has 0 aromatic heterocycles. The van der Waals surface area contributed by atoms with Gasteiger partial charge in [0.25, 0.3) is 0 Å². The second-order valence-corrected chi connectivity index (χ2v) is 0. The summed E-state index contributed by atoms with van der Waals surface area (Å²) < 4.78 is 0. The summed E-state index contributed by atoms with van der Waals surface area (Å²) >= 11 is 0. The van der Waals surface area contributed by atoms with Crippen LogP contribution in [0, 0.1) is 0 Å². The maximum absolute atomic E-state index is 0. The van der Waals surface area contributed by atoms with E-state index < -0.39 is 0 Å². The van der Waals surface area contributed by atoms with Crippen molar-refractivity contribution in [3.63, 3.8) is 0 Å². The van der Waals surface area contributed by atoms with Gasteiger partial charge in [-0.25, -0.2) is 0 Å². The average molecular weight is 582 g/mol. The van der Waals surface area contributed by atoms with Crippen LogP contribution in [0.4, 0.5) is 0 Å². The Labute approximate surface area is 95.5 Å². The third-order valence-corrected chi connectivity index (χ3v) is 0. The van der Waals surface area contributed by atoms with Crippen LogP contribution in [-0.4, -0.2) is 0 Å². The molecule has 0 unspecified atom stereocenters. The molecule has 0 aromatic carbocycles. The molecule has 0 aromatic rings. The molecule has 0 aliphatic heterocycles. The molecule has 0 saturated carbocycles. The molecule has 0 rings (SSSR count). The van der Waals surface area contributed by atoms with Crippen LogP contribution in [-0.2, 0) is 78.1 Å². The molecule has 6 heavy (non-hydrogen) atoms. The molecule has 0 fully saturated rings. The maximum atomic E-state index is 0. The van der Waals surface area contributed by atoms with E-state index in [0.29, 0.717) is 0 Å². The van der Waals surface area contributed by atoms with Crippen molar-refractivity contribution < 1.29 is 97.0 Å². The first-order chi connectivity index (χ1) is 0. The largest absolute Gasteiger partial charge is 5.00 e. The molecule has 0 aliphatic carbocycles. The predicted octanol–water partition coefficient (Wildman–Crippen LogP) is -3.24. The van der Waals surface area contributed by atoms with Gasteiger partial charge in [0.1, 0.15) is 0 Å². The van der Waals surface area contributed by atoms with Gasteiger partial charge in [-0.2, -0.15) is 0 Å². The van der Waals surface area contributed by atoms with E-state index in [1.807, 2.05) is 0 Å². The van der Waals surface area contributed by atoms with Crippen LogP contribution < -0.4 is 18.9 Å². The molecule has 0 N–H and O–H groups in total. The summed E-state index contributed by atoms with van der Waals surface area (Å²) in [7, 11) is 0. The van der Waals surface area contributed by atoms with Gasteiger partial charge in [-0.3, -0.25) is 0 Å². The van der Waals surface area contributed by atoms with Gasteiger partial charge in [0.15, 0.2) is 0 Å². The van der Waals surface area contributed by atoms with Crippen LogP contribution in [0.1, 0.15) is 0 Å². The van der Waals surface area contributed by atoms with E-state index in [1.165, 1.54) is 0 Å². The Hall–Kier alpha value is 2.74. The third-order valence-electron chi connectivity index (χ3n) is 0. The Balaban J connectivity index is 0. The summed E-state index contributed by atoms with van der Waals surface area (Å²) in [4.78, 5) is 0. The monoisotopic (exact) mass is 582 g/mol.